The van der Waals surface area contributed by atoms with Gasteiger partial charge in [0.2, 0.25) is 0 Å². The number of nitrogens with zero attached hydrogens (tertiary/aromatic N) is 4. The van der Waals surface area contributed by atoms with Crippen LogP contribution in [0.3, 0.4) is 0 Å². The molecule has 3 fully saturated rings. The van der Waals surface area contributed by atoms with Crippen molar-refractivity contribution < 1.29 is 14.2 Å². The van der Waals surface area contributed by atoms with Crippen molar-refractivity contribution in [1.29, 1.82) is 0 Å². The van der Waals surface area contributed by atoms with Gasteiger partial charge in [0.1, 0.15) is 24.6 Å². The van der Waals surface area contributed by atoms with Crippen LogP contribution >= 0.6 is 0 Å². The zero-order valence-electron chi connectivity index (χ0n) is 19.8. The Kier molecular flexibility index (Phi) is 5.39. The Balaban J connectivity index is 1.31. The van der Waals surface area contributed by atoms with Crippen molar-refractivity contribution in [3.05, 3.63) is 54.1 Å². The van der Waals surface area contributed by atoms with Gasteiger partial charge in [-0.1, -0.05) is 49.3 Å². The Morgan fingerprint density at radius 2 is 1.85 bits per heavy atom. The van der Waals surface area contributed by atoms with E-state index in [-0.39, 0.29) is 18.3 Å². The van der Waals surface area contributed by atoms with Gasteiger partial charge >= 0.3 is 0 Å². The molecule has 8 nitrogen and oxygen atoms in total. The summed E-state index contributed by atoms with van der Waals surface area (Å²) in [4.78, 5) is 13.7. The maximum absolute atomic E-state index is 6.51. The molecule has 34 heavy (non-hydrogen) atoms. The molecule has 0 spiro atoms. The smallest absolute Gasteiger partial charge is 0.167 e. The Bertz CT molecular complexity index is 1220. The molecular formula is C26H31N5O3. The van der Waals surface area contributed by atoms with Crippen LogP contribution in [0.5, 0.6) is 0 Å². The number of rotatable bonds is 5. The molecule has 1 saturated carbocycles. The molecule has 0 bridgehead atoms. The number of aromatic nitrogens is 4. The molecule has 0 amide bonds. The Labute approximate surface area is 199 Å². The van der Waals surface area contributed by atoms with Crippen molar-refractivity contribution in [2.45, 2.75) is 82.8 Å². The SMILES string of the molecule is Cc1ccccc1C=C[C@H]1O[C@@H](n2cnc3c(NC4CCCC4)ncnc32)[C@H]2OC(C)(C)O[C@@H]21. The molecule has 2 saturated heterocycles. The second-order valence-electron chi connectivity index (χ2n) is 9.94. The van der Waals surface area contributed by atoms with Crippen LogP contribution in [0.25, 0.3) is 17.2 Å². The number of benzene rings is 1. The largest absolute Gasteiger partial charge is 0.365 e. The second kappa shape index (κ2) is 8.45. The van der Waals surface area contributed by atoms with Gasteiger partial charge in [0.25, 0.3) is 0 Å². The van der Waals surface area contributed by atoms with Crippen molar-refractivity contribution in [2.75, 3.05) is 5.32 Å². The molecule has 1 N–H and O–H groups in total. The molecule has 0 radical (unpaired) electrons. The first kappa shape index (κ1) is 21.7. The van der Waals surface area contributed by atoms with Gasteiger partial charge in [-0.2, -0.15) is 0 Å². The Hall–Kier alpha value is -2.81. The van der Waals surface area contributed by atoms with E-state index >= 15 is 0 Å². The van der Waals surface area contributed by atoms with Crippen molar-refractivity contribution >= 4 is 23.1 Å². The van der Waals surface area contributed by atoms with Gasteiger partial charge in [-0.25, -0.2) is 15.0 Å². The molecule has 6 rings (SSSR count). The van der Waals surface area contributed by atoms with Crippen LogP contribution < -0.4 is 5.32 Å². The van der Waals surface area contributed by atoms with E-state index in [0.29, 0.717) is 6.04 Å². The Morgan fingerprint density at radius 3 is 2.68 bits per heavy atom. The molecule has 2 aliphatic heterocycles. The summed E-state index contributed by atoms with van der Waals surface area (Å²) >= 11 is 0. The summed E-state index contributed by atoms with van der Waals surface area (Å²) in [5.41, 5.74) is 3.86. The lowest BCUT2D eigenvalue weighted by Gasteiger charge is -2.24. The van der Waals surface area contributed by atoms with E-state index in [1.807, 2.05) is 30.5 Å². The zero-order valence-corrected chi connectivity index (χ0v) is 19.8. The number of anilines is 1. The number of nitrogens with one attached hydrogen (secondary N) is 1. The van der Waals surface area contributed by atoms with Gasteiger partial charge in [0, 0.05) is 6.04 Å². The number of aryl methyl sites for hydroxylation is 1. The molecule has 178 valence electrons. The third-order valence-electron chi connectivity index (χ3n) is 7.05. The van der Waals surface area contributed by atoms with Crippen LogP contribution in [-0.4, -0.2) is 49.7 Å². The average Bonchev–Trinajstić information content (AvgIpc) is 3.58. The molecule has 1 aliphatic carbocycles. The number of fused-ring (bicyclic) bond motifs is 2. The van der Waals surface area contributed by atoms with Crippen LogP contribution in [0.4, 0.5) is 5.82 Å². The number of hydrogen-bond acceptors (Lipinski definition) is 7. The van der Waals surface area contributed by atoms with Crippen molar-refractivity contribution in [1.82, 2.24) is 19.5 Å². The summed E-state index contributed by atoms with van der Waals surface area (Å²) in [5, 5.41) is 3.56. The highest BCUT2D eigenvalue weighted by atomic mass is 16.8. The normalized spacial score (nSPS) is 28.8. The highest BCUT2D eigenvalue weighted by molar-refractivity contribution is 5.82. The third-order valence-corrected chi connectivity index (χ3v) is 7.05. The van der Waals surface area contributed by atoms with E-state index in [4.69, 9.17) is 14.2 Å². The fourth-order valence-electron chi connectivity index (χ4n) is 5.37. The van der Waals surface area contributed by atoms with E-state index in [9.17, 15) is 0 Å². The Morgan fingerprint density at radius 1 is 1.06 bits per heavy atom. The second-order valence-corrected chi connectivity index (χ2v) is 9.94. The van der Waals surface area contributed by atoms with Crippen LogP contribution in [-0.2, 0) is 14.2 Å². The topological polar surface area (TPSA) is 83.3 Å². The molecule has 8 heteroatoms. The standard InChI is InChI=1S/C26H31N5O3/c1-16-8-4-5-9-17(16)12-13-19-21-22(34-26(2,3)33-21)25(32-19)31-15-29-20-23(27-14-28-24(20)31)30-18-10-6-7-11-18/h4-5,8-9,12-15,18-19,21-22,25H,6-7,10-11H2,1-3H3,(H,27,28,30)/t19-,21-,22+,25-/m1/s1. The first-order chi connectivity index (χ1) is 16.5. The number of ether oxygens (including phenoxy) is 3. The van der Waals surface area contributed by atoms with Crippen molar-refractivity contribution in [3.63, 3.8) is 0 Å². The monoisotopic (exact) mass is 461 g/mol. The molecule has 4 atom stereocenters. The first-order valence-electron chi connectivity index (χ1n) is 12.2. The molecule has 0 unspecified atom stereocenters. The lowest BCUT2D eigenvalue weighted by molar-refractivity contribution is -0.191. The van der Waals surface area contributed by atoms with E-state index in [1.54, 1.807) is 12.7 Å². The molecule has 3 aliphatic rings. The van der Waals surface area contributed by atoms with Gasteiger partial charge in [0.15, 0.2) is 29.0 Å². The predicted molar refractivity (Wildman–Crippen MR) is 129 cm³/mol. The minimum absolute atomic E-state index is 0.226. The summed E-state index contributed by atoms with van der Waals surface area (Å²) < 4.78 is 21.1. The third kappa shape index (κ3) is 3.89. The summed E-state index contributed by atoms with van der Waals surface area (Å²) in [6.45, 7) is 6.00. The van der Waals surface area contributed by atoms with Gasteiger partial charge in [-0.3, -0.25) is 4.57 Å². The summed E-state index contributed by atoms with van der Waals surface area (Å²) in [5.74, 6) is 0.0947. The fourth-order valence-corrected chi connectivity index (χ4v) is 5.37. The van der Waals surface area contributed by atoms with Gasteiger partial charge < -0.3 is 19.5 Å². The average molecular weight is 462 g/mol. The molecule has 4 heterocycles. The highest BCUT2D eigenvalue weighted by Gasteiger charge is 2.55. The van der Waals surface area contributed by atoms with Crippen LogP contribution in [0.1, 0.15) is 56.9 Å². The fraction of sp³-hybridized carbons (Fsp3) is 0.500. The van der Waals surface area contributed by atoms with Crippen LogP contribution in [0, 0.1) is 6.92 Å². The maximum Gasteiger partial charge on any atom is 0.167 e. The number of hydrogen-bond donors (Lipinski definition) is 1. The lowest BCUT2D eigenvalue weighted by atomic mass is 10.1. The van der Waals surface area contributed by atoms with Gasteiger partial charge in [-0.15, -0.1) is 0 Å². The quantitative estimate of drug-likeness (QED) is 0.594. The highest BCUT2D eigenvalue weighted by Crippen LogP contribution is 2.44. The lowest BCUT2D eigenvalue weighted by Crippen LogP contribution is -2.28. The number of imidazole rings is 1. The van der Waals surface area contributed by atoms with E-state index in [0.717, 1.165) is 35.4 Å². The molecule has 1 aromatic carbocycles. The van der Waals surface area contributed by atoms with Crippen molar-refractivity contribution in [2.24, 2.45) is 0 Å². The summed E-state index contributed by atoms with van der Waals surface area (Å²) in [6.07, 6.45) is 11.2. The first-order valence-corrected chi connectivity index (χ1v) is 12.2. The zero-order chi connectivity index (χ0) is 23.3. The molecule has 2 aromatic heterocycles. The molecular weight excluding hydrogens is 430 g/mol. The van der Waals surface area contributed by atoms with Crippen molar-refractivity contribution in [3.8, 4) is 0 Å². The van der Waals surface area contributed by atoms with Gasteiger partial charge in [-0.05, 0) is 44.7 Å². The summed E-state index contributed by atoms with van der Waals surface area (Å²) in [6, 6.07) is 8.74. The van der Waals surface area contributed by atoms with Gasteiger partial charge in [0.05, 0.1) is 6.33 Å². The minimum atomic E-state index is -0.688. The van der Waals surface area contributed by atoms with E-state index < -0.39 is 12.0 Å². The van der Waals surface area contributed by atoms with E-state index in [2.05, 4.69) is 51.5 Å². The van der Waals surface area contributed by atoms with E-state index in [1.165, 1.54) is 18.4 Å². The summed E-state index contributed by atoms with van der Waals surface area (Å²) in [7, 11) is 0. The van der Waals surface area contributed by atoms with Crippen LogP contribution in [0.2, 0.25) is 0 Å². The maximum atomic E-state index is 6.51. The molecule has 3 aromatic rings. The minimum Gasteiger partial charge on any atom is -0.365 e. The predicted octanol–water partition coefficient (Wildman–Crippen LogP) is 4.62. The van der Waals surface area contributed by atoms with Crippen LogP contribution in [0.15, 0.2) is 43.0 Å².